The molecule has 5 nitrogen and oxygen atoms in total. The van der Waals surface area contributed by atoms with Crippen molar-refractivity contribution in [3.8, 4) is 5.75 Å². The van der Waals surface area contributed by atoms with Crippen LogP contribution in [0.25, 0.3) is 0 Å². The first-order valence-electron chi connectivity index (χ1n) is 10.9. The van der Waals surface area contributed by atoms with Crippen molar-refractivity contribution in [1.29, 1.82) is 0 Å². The standard InChI is InChI=1S/C26H25Cl2N3O2/c1-18-4-6-19(7-5-18)17-33-25-23(27)14-20(15-24(25)28)16-29-30-26(32)21-8-10-22(11-9-21)31-12-2-3-13-31/h4-11,14-16H,2-3,12-13,17H2,1H3,(H,30,32)/b29-16-. The van der Waals surface area contributed by atoms with E-state index in [4.69, 9.17) is 27.9 Å². The minimum atomic E-state index is -0.283. The molecule has 0 spiro atoms. The lowest BCUT2D eigenvalue weighted by Crippen LogP contribution is -2.19. The van der Waals surface area contributed by atoms with Crippen LogP contribution in [0.4, 0.5) is 5.69 Å². The number of hydrazone groups is 1. The summed E-state index contributed by atoms with van der Waals surface area (Å²) in [6.07, 6.45) is 3.92. The Hall–Kier alpha value is -3.02. The van der Waals surface area contributed by atoms with E-state index in [9.17, 15) is 4.79 Å². The summed E-state index contributed by atoms with van der Waals surface area (Å²) in [5, 5.41) is 4.79. The maximum Gasteiger partial charge on any atom is 0.271 e. The molecular formula is C26H25Cl2N3O2. The third-order valence-electron chi connectivity index (χ3n) is 5.50. The van der Waals surface area contributed by atoms with E-state index in [1.165, 1.54) is 24.6 Å². The van der Waals surface area contributed by atoms with Gasteiger partial charge in [0.2, 0.25) is 0 Å². The van der Waals surface area contributed by atoms with Gasteiger partial charge in [-0.1, -0.05) is 53.0 Å². The summed E-state index contributed by atoms with van der Waals surface area (Å²) in [5.74, 6) is 0.132. The second-order valence-corrected chi connectivity index (χ2v) is 8.84. The number of benzene rings is 3. The first-order chi connectivity index (χ1) is 16.0. The van der Waals surface area contributed by atoms with Crippen LogP contribution in [0.2, 0.25) is 10.0 Å². The van der Waals surface area contributed by atoms with Crippen LogP contribution in [-0.4, -0.2) is 25.2 Å². The van der Waals surface area contributed by atoms with Crippen molar-refractivity contribution in [3.05, 3.63) is 93.0 Å². The first kappa shape index (κ1) is 23.1. The number of aryl methyl sites for hydroxylation is 1. The van der Waals surface area contributed by atoms with Crippen LogP contribution in [-0.2, 0) is 6.61 Å². The molecule has 0 bridgehead atoms. The highest BCUT2D eigenvalue weighted by Crippen LogP contribution is 2.34. The Balaban J connectivity index is 1.34. The molecule has 3 aromatic rings. The molecule has 4 rings (SSSR count). The van der Waals surface area contributed by atoms with Gasteiger partial charge in [0.25, 0.3) is 5.91 Å². The average molecular weight is 482 g/mol. The summed E-state index contributed by atoms with van der Waals surface area (Å²) in [4.78, 5) is 14.7. The van der Waals surface area contributed by atoms with Gasteiger partial charge in [0.05, 0.1) is 16.3 Å². The lowest BCUT2D eigenvalue weighted by Gasteiger charge is -2.17. The first-order valence-corrected chi connectivity index (χ1v) is 11.6. The zero-order valence-electron chi connectivity index (χ0n) is 18.4. The second kappa shape index (κ2) is 10.7. The normalized spacial score (nSPS) is 13.5. The highest BCUT2D eigenvalue weighted by atomic mass is 35.5. The highest BCUT2D eigenvalue weighted by molar-refractivity contribution is 6.37. The quantitative estimate of drug-likeness (QED) is 0.320. The van der Waals surface area contributed by atoms with Gasteiger partial charge in [-0.15, -0.1) is 0 Å². The number of ether oxygens (including phenoxy) is 1. The molecule has 1 saturated heterocycles. The number of carbonyl (C=O) groups is 1. The van der Waals surface area contributed by atoms with Gasteiger partial charge in [0, 0.05) is 24.3 Å². The third-order valence-corrected chi connectivity index (χ3v) is 6.07. The zero-order valence-corrected chi connectivity index (χ0v) is 19.9. The molecule has 1 aliphatic rings. The van der Waals surface area contributed by atoms with Crippen molar-refractivity contribution in [1.82, 2.24) is 5.43 Å². The summed E-state index contributed by atoms with van der Waals surface area (Å²) < 4.78 is 5.81. The molecule has 1 N–H and O–H groups in total. The van der Waals surface area contributed by atoms with E-state index in [0.29, 0.717) is 33.5 Å². The fourth-order valence-electron chi connectivity index (χ4n) is 3.66. The lowest BCUT2D eigenvalue weighted by molar-refractivity contribution is 0.0955. The van der Waals surface area contributed by atoms with Crippen LogP contribution in [0.3, 0.4) is 0 Å². The third kappa shape index (κ3) is 6.06. The summed E-state index contributed by atoms with van der Waals surface area (Å²) in [6.45, 7) is 4.53. The van der Waals surface area contributed by atoms with Crippen LogP contribution in [0.5, 0.6) is 5.75 Å². The van der Waals surface area contributed by atoms with E-state index in [-0.39, 0.29) is 5.91 Å². The minimum absolute atomic E-state index is 0.283. The van der Waals surface area contributed by atoms with Crippen molar-refractivity contribution < 1.29 is 9.53 Å². The molecule has 0 aliphatic carbocycles. The molecule has 7 heteroatoms. The Labute approximate surface area is 204 Å². The Morgan fingerprint density at radius 2 is 1.67 bits per heavy atom. The zero-order chi connectivity index (χ0) is 23.2. The largest absolute Gasteiger partial charge is 0.486 e. The second-order valence-electron chi connectivity index (χ2n) is 8.03. The van der Waals surface area contributed by atoms with Gasteiger partial charge in [-0.25, -0.2) is 5.43 Å². The number of nitrogens with one attached hydrogen (secondary N) is 1. The number of hydrogen-bond donors (Lipinski definition) is 1. The number of anilines is 1. The Kier molecular flexibility index (Phi) is 7.53. The van der Waals surface area contributed by atoms with Crippen LogP contribution in [0.15, 0.2) is 65.8 Å². The SMILES string of the molecule is Cc1ccc(COc2c(Cl)cc(/C=N\NC(=O)c3ccc(N4CCCC4)cc3)cc2Cl)cc1. The Bertz CT molecular complexity index is 1120. The lowest BCUT2D eigenvalue weighted by atomic mass is 10.2. The number of rotatable bonds is 7. The number of carbonyl (C=O) groups excluding carboxylic acids is 1. The molecule has 33 heavy (non-hydrogen) atoms. The predicted molar refractivity (Wildman–Crippen MR) is 135 cm³/mol. The van der Waals surface area contributed by atoms with Crippen molar-refractivity contribution >= 4 is 41.0 Å². The maximum atomic E-state index is 12.4. The molecule has 0 aromatic heterocycles. The fourth-order valence-corrected chi connectivity index (χ4v) is 4.27. The van der Waals surface area contributed by atoms with Crippen molar-refractivity contribution in [3.63, 3.8) is 0 Å². The Morgan fingerprint density at radius 1 is 1.03 bits per heavy atom. The summed E-state index contributed by atoms with van der Waals surface area (Å²) >= 11 is 12.7. The number of hydrogen-bond acceptors (Lipinski definition) is 4. The summed E-state index contributed by atoms with van der Waals surface area (Å²) in [6, 6.07) is 19.0. The van der Waals surface area contributed by atoms with Gasteiger partial charge in [0.15, 0.2) is 5.75 Å². The van der Waals surface area contributed by atoms with Gasteiger partial charge in [-0.3, -0.25) is 4.79 Å². The number of amides is 1. The smallest absolute Gasteiger partial charge is 0.271 e. The van der Waals surface area contributed by atoms with E-state index in [0.717, 1.165) is 24.3 Å². The van der Waals surface area contributed by atoms with Crippen LogP contribution >= 0.6 is 23.2 Å². The molecule has 1 amide bonds. The summed E-state index contributed by atoms with van der Waals surface area (Å²) in [7, 11) is 0. The van der Waals surface area contributed by atoms with E-state index in [2.05, 4.69) is 15.4 Å². The molecule has 1 aliphatic heterocycles. The van der Waals surface area contributed by atoms with E-state index in [1.807, 2.05) is 55.5 Å². The van der Waals surface area contributed by atoms with Gasteiger partial charge < -0.3 is 9.64 Å². The molecule has 1 fully saturated rings. The Morgan fingerprint density at radius 3 is 2.30 bits per heavy atom. The molecule has 0 atom stereocenters. The van der Waals surface area contributed by atoms with Crippen molar-refractivity contribution in [2.45, 2.75) is 26.4 Å². The molecule has 170 valence electrons. The van der Waals surface area contributed by atoms with Gasteiger partial charge in [-0.05, 0) is 67.3 Å². The van der Waals surface area contributed by atoms with E-state index < -0.39 is 0 Å². The van der Waals surface area contributed by atoms with Crippen molar-refractivity contribution in [2.24, 2.45) is 5.10 Å². The molecule has 0 saturated carbocycles. The number of halogens is 2. The molecule has 3 aromatic carbocycles. The molecular weight excluding hydrogens is 457 g/mol. The van der Waals surface area contributed by atoms with Gasteiger partial charge in [0.1, 0.15) is 6.61 Å². The highest BCUT2D eigenvalue weighted by Gasteiger charge is 2.13. The van der Waals surface area contributed by atoms with Crippen molar-refractivity contribution in [2.75, 3.05) is 18.0 Å². The molecule has 0 radical (unpaired) electrons. The van der Waals surface area contributed by atoms with E-state index in [1.54, 1.807) is 12.1 Å². The maximum absolute atomic E-state index is 12.4. The van der Waals surface area contributed by atoms with Crippen LogP contribution in [0, 0.1) is 6.92 Å². The van der Waals surface area contributed by atoms with Gasteiger partial charge >= 0.3 is 0 Å². The average Bonchev–Trinajstić information content (AvgIpc) is 3.35. The van der Waals surface area contributed by atoms with Gasteiger partial charge in [-0.2, -0.15) is 5.10 Å². The minimum Gasteiger partial charge on any atom is -0.486 e. The van der Waals surface area contributed by atoms with Crippen LogP contribution in [0.1, 0.15) is 39.9 Å². The number of nitrogens with zero attached hydrogens (tertiary/aromatic N) is 2. The van der Waals surface area contributed by atoms with E-state index >= 15 is 0 Å². The molecule has 0 unspecified atom stereocenters. The predicted octanol–water partition coefficient (Wildman–Crippen LogP) is 6.24. The monoisotopic (exact) mass is 481 g/mol. The fraction of sp³-hybridized carbons (Fsp3) is 0.231. The summed E-state index contributed by atoms with van der Waals surface area (Å²) in [5.41, 5.74) is 7.09. The topological polar surface area (TPSA) is 53.9 Å². The van der Waals surface area contributed by atoms with Crippen LogP contribution < -0.4 is 15.1 Å². The molecule has 1 heterocycles.